The molecule has 1 aromatic rings. The van der Waals surface area contributed by atoms with E-state index in [1.807, 2.05) is 31.2 Å². The van der Waals surface area contributed by atoms with Crippen molar-refractivity contribution >= 4 is 29.3 Å². The third-order valence-electron chi connectivity index (χ3n) is 2.43. The number of carbonyl (C=O) groups is 1. The zero-order chi connectivity index (χ0) is 12.7. The molecule has 0 saturated carbocycles. The number of hydrogen-bond donors (Lipinski definition) is 1. The van der Waals surface area contributed by atoms with Gasteiger partial charge in [0.25, 0.3) is 0 Å². The van der Waals surface area contributed by atoms with Gasteiger partial charge in [-0.3, -0.25) is 4.79 Å². The average Bonchev–Trinajstić information content (AvgIpc) is 2.31. The molecule has 1 N–H and O–H groups in total. The van der Waals surface area contributed by atoms with Gasteiger partial charge in [0.05, 0.1) is 5.75 Å². The largest absolute Gasteiger partial charge is 0.353 e. The van der Waals surface area contributed by atoms with Crippen LogP contribution in [0.25, 0.3) is 0 Å². The van der Waals surface area contributed by atoms with Crippen LogP contribution in [0.1, 0.15) is 25.8 Å². The van der Waals surface area contributed by atoms with E-state index in [4.69, 9.17) is 11.6 Å². The molecule has 0 heterocycles. The second kappa shape index (κ2) is 7.62. The van der Waals surface area contributed by atoms with Crippen molar-refractivity contribution in [3.05, 3.63) is 34.9 Å². The van der Waals surface area contributed by atoms with Crippen LogP contribution in [-0.2, 0) is 10.5 Å². The highest BCUT2D eigenvalue weighted by Crippen LogP contribution is 2.15. The molecule has 1 rings (SSSR count). The SMILES string of the molecule is CC[C@@H](C)NC(=O)CSCc1ccc(Cl)cc1. The second-order valence-corrected chi connectivity index (χ2v) is 5.42. The number of halogens is 1. The van der Waals surface area contributed by atoms with Crippen LogP contribution in [-0.4, -0.2) is 17.7 Å². The smallest absolute Gasteiger partial charge is 0.230 e. The average molecular weight is 272 g/mol. The molecule has 17 heavy (non-hydrogen) atoms. The Kier molecular flexibility index (Phi) is 6.45. The van der Waals surface area contributed by atoms with Crippen LogP contribution in [0.4, 0.5) is 0 Å². The van der Waals surface area contributed by atoms with E-state index in [9.17, 15) is 4.79 Å². The van der Waals surface area contributed by atoms with Crippen molar-refractivity contribution in [2.24, 2.45) is 0 Å². The number of thioether (sulfide) groups is 1. The molecule has 0 bridgehead atoms. The summed E-state index contributed by atoms with van der Waals surface area (Å²) in [6.45, 7) is 4.08. The van der Waals surface area contributed by atoms with Crippen LogP contribution in [0, 0.1) is 0 Å². The fraction of sp³-hybridized carbons (Fsp3) is 0.462. The van der Waals surface area contributed by atoms with Crippen molar-refractivity contribution in [3.63, 3.8) is 0 Å². The first-order valence-electron chi connectivity index (χ1n) is 5.73. The van der Waals surface area contributed by atoms with Crippen molar-refractivity contribution in [1.29, 1.82) is 0 Å². The molecule has 0 aliphatic heterocycles. The number of nitrogens with one attached hydrogen (secondary N) is 1. The fourth-order valence-corrected chi connectivity index (χ4v) is 2.19. The summed E-state index contributed by atoms with van der Waals surface area (Å²) in [7, 11) is 0. The highest BCUT2D eigenvalue weighted by Gasteiger charge is 2.05. The summed E-state index contributed by atoms with van der Waals surface area (Å²) in [5.41, 5.74) is 1.19. The van der Waals surface area contributed by atoms with Gasteiger partial charge >= 0.3 is 0 Å². The van der Waals surface area contributed by atoms with Gasteiger partial charge in [-0.1, -0.05) is 30.7 Å². The zero-order valence-electron chi connectivity index (χ0n) is 10.2. The minimum absolute atomic E-state index is 0.110. The Bertz CT molecular complexity index is 353. The van der Waals surface area contributed by atoms with Crippen molar-refractivity contribution in [2.75, 3.05) is 5.75 Å². The van der Waals surface area contributed by atoms with Crippen LogP contribution in [0.2, 0.25) is 5.02 Å². The standard InChI is InChI=1S/C13H18ClNOS/c1-3-10(2)15-13(16)9-17-8-11-4-6-12(14)7-5-11/h4-7,10H,3,8-9H2,1-2H3,(H,15,16)/t10-/m1/s1. The van der Waals surface area contributed by atoms with Gasteiger partial charge in [0.1, 0.15) is 0 Å². The van der Waals surface area contributed by atoms with Crippen LogP contribution in [0.3, 0.4) is 0 Å². The maximum atomic E-state index is 11.5. The Morgan fingerprint density at radius 2 is 2.06 bits per heavy atom. The molecule has 0 aliphatic carbocycles. The number of carbonyl (C=O) groups excluding carboxylic acids is 1. The van der Waals surface area contributed by atoms with Crippen molar-refractivity contribution in [2.45, 2.75) is 32.1 Å². The molecule has 1 amide bonds. The van der Waals surface area contributed by atoms with Gasteiger partial charge in [0.15, 0.2) is 0 Å². The molecule has 0 aromatic heterocycles. The molecule has 1 atom stereocenters. The van der Waals surface area contributed by atoms with E-state index in [0.29, 0.717) is 5.75 Å². The molecular weight excluding hydrogens is 254 g/mol. The predicted molar refractivity (Wildman–Crippen MR) is 75.5 cm³/mol. The predicted octanol–water partition coefficient (Wildman–Crippen LogP) is 3.49. The minimum atomic E-state index is 0.110. The first-order valence-corrected chi connectivity index (χ1v) is 7.26. The van der Waals surface area contributed by atoms with Gasteiger partial charge in [0, 0.05) is 16.8 Å². The highest BCUT2D eigenvalue weighted by atomic mass is 35.5. The first kappa shape index (κ1) is 14.4. The van der Waals surface area contributed by atoms with Gasteiger partial charge in [-0.25, -0.2) is 0 Å². The summed E-state index contributed by atoms with van der Waals surface area (Å²) in [6.07, 6.45) is 0.966. The molecule has 0 aliphatic rings. The lowest BCUT2D eigenvalue weighted by Gasteiger charge is -2.10. The fourth-order valence-electron chi connectivity index (χ4n) is 1.26. The van der Waals surface area contributed by atoms with E-state index in [2.05, 4.69) is 12.2 Å². The highest BCUT2D eigenvalue weighted by molar-refractivity contribution is 7.99. The second-order valence-electron chi connectivity index (χ2n) is 4.00. The van der Waals surface area contributed by atoms with Gasteiger partial charge in [-0.15, -0.1) is 11.8 Å². The summed E-state index contributed by atoms with van der Waals surface area (Å²) in [5.74, 6) is 1.45. The normalized spacial score (nSPS) is 12.2. The number of hydrogen-bond acceptors (Lipinski definition) is 2. The third-order valence-corrected chi connectivity index (χ3v) is 3.69. The molecule has 0 radical (unpaired) electrons. The summed E-state index contributed by atoms with van der Waals surface area (Å²) in [4.78, 5) is 11.5. The summed E-state index contributed by atoms with van der Waals surface area (Å²) in [6, 6.07) is 7.98. The Morgan fingerprint density at radius 1 is 1.41 bits per heavy atom. The Labute approximate surface area is 112 Å². The Morgan fingerprint density at radius 3 is 2.65 bits per heavy atom. The molecule has 94 valence electrons. The Balaban J connectivity index is 2.23. The Hall–Kier alpha value is -0.670. The van der Waals surface area contributed by atoms with Gasteiger partial charge in [0.2, 0.25) is 5.91 Å². The minimum Gasteiger partial charge on any atom is -0.353 e. The van der Waals surface area contributed by atoms with Gasteiger partial charge in [-0.05, 0) is 31.0 Å². The van der Waals surface area contributed by atoms with E-state index >= 15 is 0 Å². The quantitative estimate of drug-likeness (QED) is 0.858. The maximum Gasteiger partial charge on any atom is 0.230 e. The molecule has 1 aromatic carbocycles. The molecule has 4 heteroatoms. The van der Waals surface area contributed by atoms with E-state index in [1.54, 1.807) is 11.8 Å². The van der Waals surface area contributed by atoms with Crippen LogP contribution in [0.15, 0.2) is 24.3 Å². The molecule has 0 fully saturated rings. The number of benzene rings is 1. The van der Waals surface area contributed by atoms with Crippen molar-refractivity contribution in [1.82, 2.24) is 5.32 Å². The van der Waals surface area contributed by atoms with Crippen LogP contribution >= 0.6 is 23.4 Å². The van der Waals surface area contributed by atoms with Crippen LogP contribution in [0.5, 0.6) is 0 Å². The molecular formula is C13H18ClNOS. The third kappa shape index (κ3) is 5.99. The zero-order valence-corrected chi connectivity index (χ0v) is 11.8. The van der Waals surface area contributed by atoms with Crippen LogP contribution < -0.4 is 5.32 Å². The van der Waals surface area contributed by atoms with Gasteiger partial charge < -0.3 is 5.32 Å². The molecule has 0 unspecified atom stereocenters. The first-order chi connectivity index (χ1) is 8.11. The van der Waals surface area contributed by atoms with E-state index in [1.165, 1.54) is 5.56 Å². The van der Waals surface area contributed by atoms with E-state index in [-0.39, 0.29) is 11.9 Å². The van der Waals surface area contributed by atoms with Crippen molar-refractivity contribution < 1.29 is 4.79 Å². The molecule has 2 nitrogen and oxygen atoms in total. The van der Waals surface area contributed by atoms with Crippen molar-refractivity contribution in [3.8, 4) is 0 Å². The topological polar surface area (TPSA) is 29.1 Å². The summed E-state index contributed by atoms with van der Waals surface area (Å²) < 4.78 is 0. The summed E-state index contributed by atoms with van der Waals surface area (Å²) in [5, 5.41) is 3.69. The number of rotatable bonds is 6. The van der Waals surface area contributed by atoms with E-state index < -0.39 is 0 Å². The van der Waals surface area contributed by atoms with Gasteiger partial charge in [-0.2, -0.15) is 0 Å². The molecule has 0 spiro atoms. The lowest BCUT2D eigenvalue weighted by Crippen LogP contribution is -2.33. The maximum absolute atomic E-state index is 11.5. The summed E-state index contributed by atoms with van der Waals surface area (Å²) >= 11 is 7.42. The lowest BCUT2D eigenvalue weighted by atomic mass is 10.2. The van der Waals surface area contributed by atoms with E-state index in [0.717, 1.165) is 17.2 Å². The monoisotopic (exact) mass is 271 g/mol. The number of amides is 1. The lowest BCUT2D eigenvalue weighted by molar-refractivity contribution is -0.119. The molecule has 0 saturated heterocycles.